The van der Waals surface area contributed by atoms with Gasteiger partial charge in [-0.25, -0.2) is 0 Å². The van der Waals surface area contributed by atoms with E-state index in [1.165, 1.54) is 6.42 Å². The molecule has 0 bridgehead atoms. The second-order valence-electron chi connectivity index (χ2n) is 5.50. The molecular formula is C13H26N2O. The van der Waals surface area contributed by atoms with Crippen molar-refractivity contribution in [3.63, 3.8) is 0 Å². The molecule has 0 aliphatic carbocycles. The number of nitrogens with one attached hydrogen (secondary N) is 1. The van der Waals surface area contributed by atoms with E-state index in [1.807, 2.05) is 20.8 Å². The fourth-order valence-electron chi connectivity index (χ4n) is 2.66. The van der Waals surface area contributed by atoms with Crippen LogP contribution in [0.1, 0.15) is 53.9 Å². The van der Waals surface area contributed by atoms with E-state index in [0.717, 1.165) is 19.4 Å². The highest BCUT2D eigenvalue weighted by molar-refractivity contribution is 5.86. The fraction of sp³-hybridized carbons (Fsp3) is 0.923. The average Bonchev–Trinajstić information content (AvgIpc) is 2.17. The maximum absolute atomic E-state index is 12.5. The van der Waals surface area contributed by atoms with Gasteiger partial charge in [0.1, 0.15) is 0 Å². The summed E-state index contributed by atoms with van der Waals surface area (Å²) in [5, 5.41) is 3.27. The Morgan fingerprint density at radius 2 is 1.81 bits per heavy atom. The molecule has 0 unspecified atom stereocenters. The van der Waals surface area contributed by atoms with Crippen LogP contribution in [0.25, 0.3) is 0 Å². The van der Waals surface area contributed by atoms with Crippen LogP contribution >= 0.6 is 0 Å². The molecule has 0 aromatic heterocycles. The van der Waals surface area contributed by atoms with Gasteiger partial charge in [-0.2, -0.15) is 0 Å². The van der Waals surface area contributed by atoms with Crippen LogP contribution < -0.4 is 5.32 Å². The molecule has 0 radical (unpaired) electrons. The van der Waals surface area contributed by atoms with Crippen molar-refractivity contribution in [1.82, 2.24) is 10.2 Å². The first kappa shape index (κ1) is 13.5. The highest BCUT2D eigenvalue weighted by Crippen LogP contribution is 2.25. The summed E-state index contributed by atoms with van der Waals surface area (Å²) in [4.78, 5) is 14.6. The predicted octanol–water partition coefficient (Wildman–Crippen LogP) is 2.16. The number of hydrogen-bond donors (Lipinski definition) is 1. The number of carbonyl (C=O) groups excluding carboxylic acids is 1. The van der Waals surface area contributed by atoms with Crippen molar-refractivity contribution in [3.05, 3.63) is 0 Å². The van der Waals surface area contributed by atoms with E-state index in [9.17, 15) is 4.79 Å². The number of nitrogens with zero attached hydrogens (tertiary/aromatic N) is 1. The lowest BCUT2D eigenvalue weighted by Gasteiger charge is -2.43. The molecule has 3 nitrogen and oxygen atoms in total. The molecule has 1 rings (SSSR count). The van der Waals surface area contributed by atoms with Crippen molar-refractivity contribution in [2.45, 2.75) is 71.5 Å². The lowest BCUT2D eigenvalue weighted by molar-refractivity contribution is -0.143. The van der Waals surface area contributed by atoms with E-state index in [-0.39, 0.29) is 5.91 Å². The third-order valence-corrected chi connectivity index (χ3v) is 3.58. The number of hydrogen-bond acceptors (Lipinski definition) is 2. The highest BCUT2D eigenvalue weighted by atomic mass is 16.2. The third-order valence-electron chi connectivity index (χ3n) is 3.58. The van der Waals surface area contributed by atoms with Crippen LogP contribution in [0, 0.1) is 0 Å². The molecule has 1 saturated heterocycles. The van der Waals surface area contributed by atoms with E-state index >= 15 is 0 Å². The van der Waals surface area contributed by atoms with Crippen LogP contribution in [-0.4, -0.2) is 35.0 Å². The lowest BCUT2D eigenvalue weighted by Crippen LogP contribution is -2.59. The Bertz CT molecular complexity index is 240. The molecule has 2 atom stereocenters. The van der Waals surface area contributed by atoms with E-state index < -0.39 is 5.54 Å². The molecule has 3 heteroatoms. The number of likely N-dealkylation sites (tertiary alicyclic amines) is 1. The van der Waals surface area contributed by atoms with Gasteiger partial charge in [-0.3, -0.25) is 4.79 Å². The zero-order chi connectivity index (χ0) is 12.3. The molecule has 0 aromatic carbocycles. The van der Waals surface area contributed by atoms with Crippen LogP contribution in [0.15, 0.2) is 0 Å². The predicted molar refractivity (Wildman–Crippen MR) is 67.4 cm³/mol. The molecule has 0 aromatic rings. The van der Waals surface area contributed by atoms with Crippen molar-refractivity contribution in [2.75, 3.05) is 6.54 Å². The Morgan fingerprint density at radius 3 is 2.25 bits per heavy atom. The largest absolute Gasteiger partial charge is 0.336 e. The quantitative estimate of drug-likeness (QED) is 0.800. The Balaban J connectivity index is 2.77. The maximum atomic E-state index is 12.5. The molecule has 0 spiro atoms. The molecule has 1 N–H and O–H groups in total. The highest BCUT2D eigenvalue weighted by Gasteiger charge is 2.37. The summed E-state index contributed by atoms with van der Waals surface area (Å²) in [5.41, 5.74) is -0.436. The van der Waals surface area contributed by atoms with Gasteiger partial charge in [0, 0.05) is 12.1 Å². The molecule has 1 aliphatic heterocycles. The van der Waals surface area contributed by atoms with Crippen molar-refractivity contribution >= 4 is 5.91 Å². The van der Waals surface area contributed by atoms with Crippen LogP contribution in [0.5, 0.6) is 0 Å². The lowest BCUT2D eigenvalue weighted by atomic mass is 9.93. The Hall–Kier alpha value is -0.570. The standard InChI is InChI=1S/C13H26N2O/c1-6-14-13(4,5)12(16)15-10(2)8-7-9-11(15)3/h10-11,14H,6-9H2,1-5H3/t10-,11+. The van der Waals surface area contributed by atoms with Gasteiger partial charge in [-0.15, -0.1) is 0 Å². The van der Waals surface area contributed by atoms with E-state index in [4.69, 9.17) is 0 Å². The van der Waals surface area contributed by atoms with Crippen molar-refractivity contribution < 1.29 is 4.79 Å². The van der Waals surface area contributed by atoms with Gasteiger partial charge in [0.15, 0.2) is 0 Å². The number of amides is 1. The monoisotopic (exact) mass is 226 g/mol. The first-order valence-corrected chi connectivity index (χ1v) is 6.48. The van der Waals surface area contributed by atoms with Crippen LogP contribution in [0.3, 0.4) is 0 Å². The van der Waals surface area contributed by atoms with Gasteiger partial charge >= 0.3 is 0 Å². The summed E-state index contributed by atoms with van der Waals surface area (Å²) in [6, 6.07) is 0.767. The van der Waals surface area contributed by atoms with Crippen molar-refractivity contribution in [3.8, 4) is 0 Å². The van der Waals surface area contributed by atoms with Crippen molar-refractivity contribution in [1.29, 1.82) is 0 Å². The summed E-state index contributed by atoms with van der Waals surface area (Å²) in [6.45, 7) is 11.2. The summed E-state index contributed by atoms with van der Waals surface area (Å²) < 4.78 is 0. The minimum atomic E-state index is -0.436. The maximum Gasteiger partial charge on any atom is 0.242 e. The molecule has 94 valence electrons. The van der Waals surface area contributed by atoms with Gasteiger partial charge in [0.2, 0.25) is 5.91 Å². The molecule has 1 heterocycles. The molecule has 1 amide bonds. The molecule has 1 aliphatic rings. The summed E-state index contributed by atoms with van der Waals surface area (Å²) >= 11 is 0. The summed E-state index contributed by atoms with van der Waals surface area (Å²) in [6.07, 6.45) is 3.52. The van der Waals surface area contributed by atoms with Crippen molar-refractivity contribution in [2.24, 2.45) is 0 Å². The zero-order valence-electron chi connectivity index (χ0n) is 11.3. The minimum Gasteiger partial charge on any atom is -0.336 e. The first-order chi connectivity index (χ1) is 7.40. The second kappa shape index (κ2) is 5.17. The van der Waals surface area contributed by atoms with Crippen LogP contribution in [-0.2, 0) is 4.79 Å². The van der Waals surface area contributed by atoms with Gasteiger partial charge in [-0.1, -0.05) is 6.92 Å². The Morgan fingerprint density at radius 1 is 1.31 bits per heavy atom. The van der Waals surface area contributed by atoms with Crippen LogP contribution in [0.2, 0.25) is 0 Å². The number of rotatable bonds is 3. The number of carbonyl (C=O) groups is 1. The number of piperidine rings is 1. The first-order valence-electron chi connectivity index (χ1n) is 6.48. The SMILES string of the molecule is CCNC(C)(C)C(=O)N1[C@H](C)CCC[C@@H]1C. The Labute approximate surface area is 99.6 Å². The smallest absolute Gasteiger partial charge is 0.242 e. The average molecular weight is 226 g/mol. The minimum absolute atomic E-state index is 0.244. The van der Waals surface area contributed by atoms with Crippen LogP contribution in [0.4, 0.5) is 0 Å². The zero-order valence-corrected chi connectivity index (χ0v) is 11.3. The van der Waals surface area contributed by atoms with Gasteiger partial charge in [0.25, 0.3) is 0 Å². The second-order valence-corrected chi connectivity index (χ2v) is 5.50. The summed E-state index contributed by atoms with van der Waals surface area (Å²) in [7, 11) is 0. The number of likely N-dealkylation sites (N-methyl/N-ethyl adjacent to an activating group) is 1. The molecule has 1 fully saturated rings. The van der Waals surface area contributed by atoms with E-state index in [1.54, 1.807) is 0 Å². The fourth-order valence-corrected chi connectivity index (χ4v) is 2.66. The normalized spacial score (nSPS) is 26.9. The van der Waals surface area contributed by atoms with E-state index in [2.05, 4.69) is 24.1 Å². The molecule has 16 heavy (non-hydrogen) atoms. The summed E-state index contributed by atoms with van der Waals surface area (Å²) in [5.74, 6) is 0.244. The van der Waals surface area contributed by atoms with Gasteiger partial charge in [0.05, 0.1) is 5.54 Å². The topological polar surface area (TPSA) is 32.3 Å². The van der Waals surface area contributed by atoms with E-state index in [0.29, 0.717) is 12.1 Å². The molecule has 0 saturated carbocycles. The van der Waals surface area contributed by atoms with Gasteiger partial charge in [-0.05, 0) is 53.5 Å². The Kier molecular flexibility index (Phi) is 4.36. The molecular weight excluding hydrogens is 200 g/mol. The third kappa shape index (κ3) is 2.76. The van der Waals surface area contributed by atoms with Gasteiger partial charge < -0.3 is 10.2 Å².